The van der Waals surface area contributed by atoms with Gasteiger partial charge in [0, 0.05) is 6.42 Å². The Hall–Kier alpha value is -1.35. The molecular weight excluding hydrogens is 663 g/mol. The van der Waals surface area contributed by atoms with Gasteiger partial charge in [0.1, 0.15) is 48.8 Å². The van der Waals surface area contributed by atoms with Gasteiger partial charge in [-0.25, -0.2) is 0 Å². The van der Waals surface area contributed by atoms with Gasteiger partial charge in [0.05, 0.1) is 19.8 Å². The van der Waals surface area contributed by atoms with Crippen molar-refractivity contribution in [2.24, 2.45) is 0 Å². The third-order valence-corrected chi connectivity index (χ3v) is 6.66. The molecule has 0 bridgehead atoms. The normalized spacial score (nSPS) is 35.2. The molecule has 44 heavy (non-hydrogen) atoms. The summed E-state index contributed by atoms with van der Waals surface area (Å²) in [6.45, 7) is -4.19. The summed E-state index contributed by atoms with van der Waals surface area (Å²) in [5.41, 5.74) is 0. The maximum Gasteiger partial charge on any atom is 0.460 e. The van der Waals surface area contributed by atoms with E-state index < -0.39 is 123 Å². The lowest BCUT2D eigenvalue weighted by Crippen LogP contribution is -2.70. The number of rotatable bonds is 12. The van der Waals surface area contributed by atoms with E-state index in [2.05, 4.69) is 4.74 Å². The molecule has 2 fully saturated rings. The molecule has 0 aromatic heterocycles. The second kappa shape index (κ2) is 13.0. The van der Waals surface area contributed by atoms with Gasteiger partial charge in [0.2, 0.25) is 0 Å². The Labute approximate surface area is 236 Å². The maximum atomic E-state index is 14.0. The number of hydrogen-bond donors (Lipinski definition) is 7. The summed E-state index contributed by atoms with van der Waals surface area (Å²) in [7, 11) is 0. The van der Waals surface area contributed by atoms with Crippen molar-refractivity contribution in [3.8, 4) is 0 Å². The first-order valence-corrected chi connectivity index (χ1v) is 11.9. The third-order valence-electron chi connectivity index (χ3n) is 6.66. The minimum absolute atomic E-state index is 0.950. The fourth-order valence-corrected chi connectivity index (χ4v) is 3.96. The van der Waals surface area contributed by atoms with Gasteiger partial charge in [0.25, 0.3) is 0 Å². The molecule has 24 heteroatoms. The van der Waals surface area contributed by atoms with Crippen LogP contribution in [0.1, 0.15) is 6.42 Å². The molecule has 0 aromatic rings. The molecule has 262 valence electrons. The lowest BCUT2D eigenvalue weighted by atomic mass is 9.93. The number of hydrogen-bond acceptors (Lipinski definition) is 11. The Morgan fingerprint density at radius 1 is 0.523 bits per heavy atom. The second-order valence-corrected chi connectivity index (χ2v) is 9.63. The molecule has 0 radical (unpaired) electrons. The second-order valence-electron chi connectivity index (χ2n) is 9.63. The smallest absolute Gasteiger partial charge is 0.394 e. The predicted octanol–water partition coefficient (Wildman–Crippen LogP) is -0.244. The monoisotopic (exact) mass is 688 g/mol. The SMILES string of the molecule is OC[C@H]1O[C@H](O[C@H]2[C@H](O)[C@@H](O)[C@H](OCCC(F)(F)C(F)(F)C(F)(F)C(F)(F)C(F)(F)C(F)(F)F)O[C@@H]2CO)[C@H](O)[C@@H](O)[C@@H]1O. The molecule has 2 aliphatic heterocycles. The van der Waals surface area contributed by atoms with Crippen molar-refractivity contribution in [2.75, 3.05) is 19.8 Å². The van der Waals surface area contributed by atoms with Crippen LogP contribution in [0.2, 0.25) is 0 Å². The van der Waals surface area contributed by atoms with E-state index in [1.54, 1.807) is 0 Å². The summed E-state index contributed by atoms with van der Waals surface area (Å²) >= 11 is 0. The molecule has 2 saturated heterocycles. The Balaban J connectivity index is 2.14. The van der Waals surface area contributed by atoms with Gasteiger partial charge in [-0.3, -0.25) is 0 Å². The van der Waals surface area contributed by atoms with Crippen LogP contribution in [0.15, 0.2) is 0 Å². The van der Waals surface area contributed by atoms with Crippen LogP contribution in [0.25, 0.3) is 0 Å². The molecule has 0 spiro atoms. The van der Waals surface area contributed by atoms with Gasteiger partial charge >= 0.3 is 35.8 Å². The van der Waals surface area contributed by atoms with Crippen LogP contribution in [-0.2, 0) is 18.9 Å². The highest BCUT2D eigenvalue weighted by atomic mass is 19.4. The summed E-state index contributed by atoms with van der Waals surface area (Å²) in [6.07, 6.45) is -31.1. The first kappa shape index (κ1) is 38.8. The molecular formula is C20H25F13O11. The van der Waals surface area contributed by atoms with Crippen molar-refractivity contribution in [3.05, 3.63) is 0 Å². The molecule has 0 aromatic carbocycles. The summed E-state index contributed by atoms with van der Waals surface area (Å²) in [5, 5.41) is 68.8. The summed E-state index contributed by atoms with van der Waals surface area (Å²) < 4.78 is 191. The van der Waals surface area contributed by atoms with Crippen molar-refractivity contribution in [1.82, 2.24) is 0 Å². The van der Waals surface area contributed by atoms with E-state index in [-0.39, 0.29) is 0 Å². The number of aliphatic hydroxyl groups is 7. The van der Waals surface area contributed by atoms with Crippen molar-refractivity contribution in [3.63, 3.8) is 0 Å². The molecule has 7 N–H and O–H groups in total. The van der Waals surface area contributed by atoms with Gasteiger partial charge in [-0.2, -0.15) is 57.1 Å². The van der Waals surface area contributed by atoms with Crippen LogP contribution >= 0.6 is 0 Å². The highest BCUT2D eigenvalue weighted by Gasteiger charge is 2.90. The fourth-order valence-electron chi connectivity index (χ4n) is 3.96. The summed E-state index contributed by atoms with van der Waals surface area (Å²) in [4.78, 5) is 0. The van der Waals surface area contributed by atoms with Gasteiger partial charge < -0.3 is 54.7 Å². The van der Waals surface area contributed by atoms with E-state index in [9.17, 15) is 92.8 Å². The van der Waals surface area contributed by atoms with E-state index in [4.69, 9.17) is 14.2 Å². The highest BCUT2D eigenvalue weighted by Crippen LogP contribution is 2.60. The van der Waals surface area contributed by atoms with Crippen molar-refractivity contribution in [1.29, 1.82) is 0 Å². The Morgan fingerprint density at radius 2 is 0.977 bits per heavy atom. The first-order chi connectivity index (χ1) is 19.7. The molecule has 2 aliphatic rings. The lowest BCUT2D eigenvalue weighted by Gasteiger charge is -2.46. The lowest BCUT2D eigenvalue weighted by molar-refractivity contribution is -0.440. The fraction of sp³-hybridized carbons (Fsp3) is 1.00. The molecule has 10 atom stereocenters. The molecule has 11 nitrogen and oxygen atoms in total. The van der Waals surface area contributed by atoms with Gasteiger partial charge in [0.15, 0.2) is 12.6 Å². The number of ether oxygens (including phenoxy) is 4. The molecule has 0 saturated carbocycles. The molecule has 0 aliphatic carbocycles. The standard InChI is InChI=1S/C20H25F13O11/c21-15(22,16(23,24)17(25,26)18(27,28)19(29,30)20(31,32)33)1-2-41-13-11(40)9(38)12(6(4-35)43-13)44-14-10(39)8(37)7(36)5(3-34)42-14/h5-14,34-40H,1-4H2/t5-,6-,7-,8+,9-,10-,11-,12-,13-,14-/m1/s1. The van der Waals surface area contributed by atoms with E-state index in [0.29, 0.717) is 0 Å². The number of alkyl halides is 13. The zero-order valence-corrected chi connectivity index (χ0v) is 21.3. The summed E-state index contributed by atoms with van der Waals surface area (Å²) in [6, 6.07) is 0. The van der Waals surface area contributed by atoms with Crippen molar-refractivity contribution < 1.29 is 112 Å². The van der Waals surface area contributed by atoms with Crippen molar-refractivity contribution in [2.45, 2.75) is 104 Å². The minimum atomic E-state index is -8.09. The highest BCUT2D eigenvalue weighted by molar-refractivity contribution is 5.10. The quantitative estimate of drug-likeness (QED) is 0.135. The average molecular weight is 688 g/mol. The van der Waals surface area contributed by atoms with E-state index >= 15 is 0 Å². The molecule has 2 rings (SSSR count). The van der Waals surface area contributed by atoms with Crippen LogP contribution in [0.5, 0.6) is 0 Å². The van der Waals surface area contributed by atoms with Gasteiger partial charge in [-0.05, 0) is 0 Å². The molecule has 2 heterocycles. The number of aliphatic hydroxyl groups excluding tert-OH is 7. The Kier molecular flexibility index (Phi) is 11.5. The van der Waals surface area contributed by atoms with Gasteiger partial charge in [-0.15, -0.1) is 0 Å². The number of halogens is 13. The van der Waals surface area contributed by atoms with Crippen molar-refractivity contribution >= 4 is 0 Å². The van der Waals surface area contributed by atoms with Crippen LogP contribution in [0.3, 0.4) is 0 Å². The Bertz CT molecular complexity index is 953. The van der Waals surface area contributed by atoms with E-state index in [1.165, 1.54) is 0 Å². The van der Waals surface area contributed by atoms with Crippen LogP contribution in [0.4, 0.5) is 57.1 Å². The molecule has 0 amide bonds. The summed E-state index contributed by atoms with van der Waals surface area (Å²) in [5.74, 6) is -38.1. The minimum Gasteiger partial charge on any atom is -0.394 e. The van der Waals surface area contributed by atoms with Gasteiger partial charge in [-0.1, -0.05) is 0 Å². The predicted molar refractivity (Wildman–Crippen MR) is 108 cm³/mol. The third kappa shape index (κ3) is 6.57. The molecule has 0 unspecified atom stereocenters. The van der Waals surface area contributed by atoms with Crippen LogP contribution < -0.4 is 0 Å². The first-order valence-electron chi connectivity index (χ1n) is 11.9. The Morgan fingerprint density at radius 3 is 1.45 bits per heavy atom. The zero-order chi connectivity index (χ0) is 34.4. The largest absolute Gasteiger partial charge is 0.460 e. The zero-order valence-electron chi connectivity index (χ0n) is 21.3. The topological polar surface area (TPSA) is 179 Å². The van der Waals surface area contributed by atoms with Crippen LogP contribution in [-0.4, -0.2) is 153 Å². The maximum absolute atomic E-state index is 14.0. The van der Waals surface area contributed by atoms with Crippen LogP contribution in [0, 0.1) is 0 Å². The van der Waals surface area contributed by atoms with E-state index in [0.717, 1.165) is 0 Å². The average Bonchev–Trinajstić information content (AvgIpc) is 2.91. The van der Waals surface area contributed by atoms with E-state index in [1.807, 2.05) is 0 Å².